The van der Waals surface area contributed by atoms with Crippen LogP contribution in [-0.4, -0.2) is 12.3 Å². The number of hydrogen-bond acceptors (Lipinski definition) is 3. The molecular formula is C18H18NO3+. The molecular weight excluding hydrogens is 278 g/mol. The number of rotatable bonds is 4. The number of hydrogen-bond donors (Lipinski definition) is 1. The number of aryl methyl sites for hydroxylation is 1. The zero-order valence-corrected chi connectivity index (χ0v) is 12.6. The summed E-state index contributed by atoms with van der Waals surface area (Å²) in [5, 5.41) is 10.9. The van der Waals surface area contributed by atoms with Gasteiger partial charge in [0, 0.05) is 10.8 Å². The van der Waals surface area contributed by atoms with Crippen molar-refractivity contribution in [1.29, 1.82) is 0 Å². The number of fused-ring (bicyclic) bond motifs is 1. The molecule has 0 bridgehead atoms. The first-order valence-electron chi connectivity index (χ1n) is 7.08. The van der Waals surface area contributed by atoms with E-state index >= 15 is 0 Å². The highest BCUT2D eigenvalue weighted by atomic mass is 16.5. The van der Waals surface area contributed by atoms with E-state index in [9.17, 15) is 5.21 Å². The third-order valence-electron chi connectivity index (χ3n) is 3.70. The van der Waals surface area contributed by atoms with Crippen LogP contribution in [0.3, 0.4) is 0 Å². The van der Waals surface area contributed by atoms with Crippen LogP contribution in [0.1, 0.15) is 11.1 Å². The van der Waals surface area contributed by atoms with E-state index in [-0.39, 0.29) is 0 Å². The minimum absolute atomic E-state index is 0.483. The van der Waals surface area contributed by atoms with Gasteiger partial charge in [-0.3, -0.25) is 5.21 Å². The fraction of sp³-hybridized carbons (Fsp3) is 0.167. The molecule has 0 aliphatic rings. The second-order valence-corrected chi connectivity index (χ2v) is 5.09. The van der Waals surface area contributed by atoms with E-state index in [1.54, 1.807) is 19.4 Å². The molecule has 0 saturated heterocycles. The fourth-order valence-electron chi connectivity index (χ4n) is 2.56. The van der Waals surface area contributed by atoms with Crippen molar-refractivity contribution in [3.05, 3.63) is 65.9 Å². The lowest BCUT2D eigenvalue weighted by molar-refractivity contribution is -0.884. The van der Waals surface area contributed by atoms with Crippen molar-refractivity contribution in [3.8, 4) is 11.5 Å². The maximum atomic E-state index is 10.1. The lowest BCUT2D eigenvalue weighted by atomic mass is 10.1. The maximum Gasteiger partial charge on any atom is 0.274 e. The van der Waals surface area contributed by atoms with E-state index in [1.165, 1.54) is 0 Å². The van der Waals surface area contributed by atoms with E-state index in [0.717, 1.165) is 32.7 Å². The highest BCUT2D eigenvalue weighted by Gasteiger charge is 2.19. The molecule has 0 saturated carbocycles. The SMILES string of the molecule is COc1ccc2c(OCc3ccccc3)cc[n+](O)c2c1C. The molecule has 112 valence electrons. The van der Waals surface area contributed by atoms with Gasteiger partial charge in [0.15, 0.2) is 0 Å². The lowest BCUT2D eigenvalue weighted by Crippen LogP contribution is -2.31. The summed E-state index contributed by atoms with van der Waals surface area (Å²) in [6.45, 7) is 2.39. The van der Waals surface area contributed by atoms with Gasteiger partial charge in [0.25, 0.3) is 5.52 Å². The average molecular weight is 296 g/mol. The molecule has 2 aromatic carbocycles. The molecule has 3 rings (SSSR count). The Morgan fingerprint density at radius 1 is 1.00 bits per heavy atom. The van der Waals surface area contributed by atoms with E-state index in [4.69, 9.17) is 9.47 Å². The van der Waals surface area contributed by atoms with Crippen LogP contribution in [0, 0.1) is 6.92 Å². The van der Waals surface area contributed by atoms with Crippen LogP contribution in [0.25, 0.3) is 10.9 Å². The fourth-order valence-corrected chi connectivity index (χ4v) is 2.56. The topological polar surface area (TPSA) is 42.6 Å². The van der Waals surface area contributed by atoms with Gasteiger partial charge in [-0.15, -0.1) is 0 Å². The molecule has 4 nitrogen and oxygen atoms in total. The number of pyridine rings is 1. The number of benzene rings is 2. The molecule has 0 radical (unpaired) electrons. The van der Waals surface area contributed by atoms with Crippen LogP contribution in [0.15, 0.2) is 54.7 Å². The minimum Gasteiger partial charge on any atom is -0.496 e. The van der Waals surface area contributed by atoms with E-state index in [2.05, 4.69) is 0 Å². The van der Waals surface area contributed by atoms with Crippen LogP contribution in [0.5, 0.6) is 11.5 Å². The zero-order chi connectivity index (χ0) is 15.5. The number of ether oxygens (including phenoxy) is 2. The van der Waals surface area contributed by atoms with E-state index in [0.29, 0.717) is 12.1 Å². The summed E-state index contributed by atoms with van der Waals surface area (Å²) in [5.74, 6) is 1.46. The van der Waals surface area contributed by atoms with Crippen LogP contribution in [0.2, 0.25) is 0 Å². The Morgan fingerprint density at radius 3 is 2.50 bits per heavy atom. The quantitative estimate of drug-likeness (QED) is 0.593. The number of aromatic nitrogens is 1. The first-order valence-corrected chi connectivity index (χ1v) is 7.08. The van der Waals surface area contributed by atoms with Gasteiger partial charge < -0.3 is 9.47 Å². The van der Waals surface area contributed by atoms with Crippen molar-refractivity contribution in [1.82, 2.24) is 0 Å². The standard InChI is InChI=1S/C18H18NO3/c1-13-16(21-2)9-8-15-17(10-11-19(20)18(13)15)22-12-14-6-4-3-5-7-14/h3-11,20H,12H2,1-2H3/q+1. The van der Waals surface area contributed by atoms with Crippen molar-refractivity contribution in [2.45, 2.75) is 13.5 Å². The number of methoxy groups -OCH3 is 1. The Hall–Kier alpha value is -2.75. The molecule has 1 heterocycles. The summed E-state index contributed by atoms with van der Waals surface area (Å²) < 4.78 is 12.3. The van der Waals surface area contributed by atoms with Crippen LogP contribution in [0.4, 0.5) is 0 Å². The molecule has 0 atom stereocenters. The van der Waals surface area contributed by atoms with Gasteiger partial charge >= 0.3 is 0 Å². The van der Waals surface area contributed by atoms with Gasteiger partial charge in [0.1, 0.15) is 18.1 Å². The van der Waals surface area contributed by atoms with Crippen LogP contribution >= 0.6 is 0 Å². The van der Waals surface area contributed by atoms with E-state index in [1.807, 2.05) is 49.4 Å². The smallest absolute Gasteiger partial charge is 0.274 e. The van der Waals surface area contributed by atoms with Gasteiger partial charge in [-0.25, -0.2) is 0 Å². The highest BCUT2D eigenvalue weighted by molar-refractivity contribution is 5.86. The monoisotopic (exact) mass is 296 g/mol. The molecule has 1 aromatic heterocycles. The summed E-state index contributed by atoms with van der Waals surface area (Å²) in [4.78, 5) is 0. The third-order valence-corrected chi connectivity index (χ3v) is 3.70. The average Bonchev–Trinajstić information content (AvgIpc) is 2.55. The first-order chi connectivity index (χ1) is 10.7. The van der Waals surface area contributed by atoms with Gasteiger partial charge in [-0.1, -0.05) is 30.3 Å². The minimum atomic E-state index is 0.483. The second kappa shape index (κ2) is 5.93. The predicted molar refractivity (Wildman–Crippen MR) is 83.4 cm³/mol. The Labute approximate surface area is 129 Å². The van der Waals surface area contributed by atoms with E-state index < -0.39 is 0 Å². The van der Waals surface area contributed by atoms with Gasteiger partial charge in [-0.2, -0.15) is 0 Å². The van der Waals surface area contributed by atoms with Gasteiger partial charge in [0.05, 0.1) is 18.1 Å². The second-order valence-electron chi connectivity index (χ2n) is 5.09. The Bertz CT molecular complexity index is 800. The Kier molecular flexibility index (Phi) is 3.83. The van der Waals surface area contributed by atoms with Gasteiger partial charge in [0.2, 0.25) is 6.20 Å². The summed E-state index contributed by atoms with van der Waals surface area (Å²) in [6, 6.07) is 15.5. The summed E-state index contributed by atoms with van der Waals surface area (Å²) in [6.07, 6.45) is 1.58. The maximum absolute atomic E-state index is 10.1. The summed E-state index contributed by atoms with van der Waals surface area (Å²) in [7, 11) is 1.62. The van der Waals surface area contributed by atoms with Gasteiger partial charge in [-0.05, 0) is 24.6 Å². The molecule has 22 heavy (non-hydrogen) atoms. The molecule has 0 fully saturated rings. The Morgan fingerprint density at radius 2 is 1.77 bits per heavy atom. The first kappa shape index (κ1) is 14.2. The molecule has 3 aromatic rings. The number of nitrogens with zero attached hydrogens (tertiary/aromatic N) is 1. The normalized spacial score (nSPS) is 10.6. The largest absolute Gasteiger partial charge is 0.496 e. The third kappa shape index (κ3) is 2.55. The lowest BCUT2D eigenvalue weighted by Gasteiger charge is -2.10. The molecule has 0 unspecified atom stereocenters. The van der Waals surface area contributed by atoms with Crippen molar-refractivity contribution >= 4 is 10.9 Å². The summed E-state index contributed by atoms with van der Waals surface area (Å²) in [5.41, 5.74) is 2.65. The van der Waals surface area contributed by atoms with Crippen molar-refractivity contribution in [2.75, 3.05) is 7.11 Å². The molecule has 0 aliphatic heterocycles. The molecule has 0 amide bonds. The van der Waals surface area contributed by atoms with Crippen molar-refractivity contribution in [2.24, 2.45) is 0 Å². The zero-order valence-electron chi connectivity index (χ0n) is 12.6. The van der Waals surface area contributed by atoms with Crippen LogP contribution in [-0.2, 0) is 6.61 Å². The highest BCUT2D eigenvalue weighted by Crippen LogP contribution is 2.30. The van der Waals surface area contributed by atoms with Crippen molar-refractivity contribution < 1.29 is 19.4 Å². The van der Waals surface area contributed by atoms with Crippen LogP contribution < -0.4 is 14.2 Å². The summed E-state index contributed by atoms with van der Waals surface area (Å²) >= 11 is 0. The molecule has 1 N–H and O–H groups in total. The molecule has 0 spiro atoms. The van der Waals surface area contributed by atoms with Crippen molar-refractivity contribution in [3.63, 3.8) is 0 Å². The molecule has 4 heteroatoms. The Balaban J connectivity index is 2.00. The molecule has 0 aliphatic carbocycles. The predicted octanol–water partition coefficient (Wildman–Crippen LogP) is 3.26.